The van der Waals surface area contributed by atoms with Crippen molar-refractivity contribution < 1.29 is 19.1 Å². The second-order valence-electron chi connectivity index (χ2n) is 11.8. The van der Waals surface area contributed by atoms with E-state index in [2.05, 4.69) is 41.0 Å². The molecule has 5 bridgehead atoms. The first-order chi connectivity index (χ1) is 18.4. The number of benzene rings is 1. The van der Waals surface area contributed by atoms with Crippen LogP contribution in [0, 0.1) is 11.3 Å². The van der Waals surface area contributed by atoms with Crippen LogP contribution in [0.15, 0.2) is 36.5 Å². The van der Waals surface area contributed by atoms with Gasteiger partial charge in [0, 0.05) is 24.7 Å². The molecule has 1 aromatic carbocycles. The van der Waals surface area contributed by atoms with E-state index in [1.165, 1.54) is 5.01 Å². The largest absolute Gasteiger partial charge is 0.457 e. The Morgan fingerprint density at radius 3 is 2.62 bits per heavy atom. The van der Waals surface area contributed by atoms with Crippen LogP contribution >= 0.6 is 0 Å². The highest BCUT2D eigenvalue weighted by molar-refractivity contribution is 5.90. The number of rotatable bonds is 1. The Bertz CT molecular complexity index is 1260. The Kier molecular flexibility index (Phi) is 8.71. The van der Waals surface area contributed by atoms with E-state index in [-0.39, 0.29) is 23.1 Å². The molecule has 210 valence electrons. The van der Waals surface area contributed by atoms with Gasteiger partial charge in [-0.25, -0.2) is 5.43 Å². The molecule has 0 radical (unpaired) electrons. The third-order valence-corrected chi connectivity index (χ3v) is 7.43. The van der Waals surface area contributed by atoms with Gasteiger partial charge in [0.1, 0.15) is 18.2 Å². The van der Waals surface area contributed by atoms with Crippen molar-refractivity contribution in [3.63, 3.8) is 0 Å². The molecule has 2 aliphatic rings. The van der Waals surface area contributed by atoms with Crippen LogP contribution in [-0.4, -0.2) is 59.0 Å². The van der Waals surface area contributed by atoms with Crippen molar-refractivity contribution in [2.45, 2.75) is 78.6 Å². The van der Waals surface area contributed by atoms with Crippen molar-refractivity contribution in [2.24, 2.45) is 11.3 Å². The number of nitrogens with zero attached hydrogens (tertiary/aromatic N) is 2. The minimum absolute atomic E-state index is 0.0132. The number of nitrogens with one attached hydrogen (secondary N) is 3. The monoisotopic (exact) mass is 535 g/mol. The maximum Gasteiger partial charge on any atom is 0.325 e. The van der Waals surface area contributed by atoms with E-state index in [1.807, 2.05) is 57.3 Å². The third-order valence-electron chi connectivity index (χ3n) is 7.43. The Hall–Kier alpha value is -3.30. The zero-order valence-corrected chi connectivity index (χ0v) is 23.8. The predicted octanol–water partition coefficient (Wildman–Crippen LogP) is 3.51. The molecule has 4 rings (SSSR count). The molecule has 9 heteroatoms. The molecule has 2 aliphatic heterocycles. The summed E-state index contributed by atoms with van der Waals surface area (Å²) in [6.07, 6.45) is 6.67. The third kappa shape index (κ3) is 7.02. The smallest absolute Gasteiger partial charge is 0.325 e. The van der Waals surface area contributed by atoms with Crippen LogP contribution in [0.5, 0.6) is 0 Å². The number of amides is 2. The topological polar surface area (TPSA) is 113 Å². The molecular formula is C30H41N5O4. The molecule has 0 aliphatic carbocycles. The van der Waals surface area contributed by atoms with E-state index >= 15 is 0 Å². The number of aromatic nitrogens is 1. The van der Waals surface area contributed by atoms with Crippen molar-refractivity contribution in [3.05, 3.63) is 47.8 Å². The molecule has 2 amide bonds. The van der Waals surface area contributed by atoms with Gasteiger partial charge in [0.05, 0.1) is 11.7 Å². The number of carbonyl (C=O) groups is 3. The number of hydrogen-bond donors (Lipinski definition) is 3. The summed E-state index contributed by atoms with van der Waals surface area (Å²) in [5, 5.41) is 9.71. The maximum absolute atomic E-state index is 13.2. The lowest BCUT2D eigenvalue weighted by Gasteiger charge is -2.35. The molecule has 4 atom stereocenters. The lowest BCUT2D eigenvalue weighted by molar-refractivity contribution is -0.157. The first-order valence-electron chi connectivity index (χ1n) is 13.8. The summed E-state index contributed by atoms with van der Waals surface area (Å²) in [6.45, 7) is 12.7. The van der Waals surface area contributed by atoms with Crippen molar-refractivity contribution >= 4 is 34.6 Å². The highest BCUT2D eigenvalue weighted by atomic mass is 16.5. The summed E-state index contributed by atoms with van der Waals surface area (Å²) in [6, 6.07) is 6.10. The number of fused-ring (bicyclic) bond motifs is 4. The summed E-state index contributed by atoms with van der Waals surface area (Å²) in [4.78, 5) is 44.0. The predicted molar refractivity (Wildman–Crippen MR) is 151 cm³/mol. The molecule has 39 heavy (non-hydrogen) atoms. The Labute approximate surface area is 230 Å². The van der Waals surface area contributed by atoms with Crippen LogP contribution in [0.2, 0.25) is 0 Å². The van der Waals surface area contributed by atoms with Crippen molar-refractivity contribution in [3.8, 4) is 0 Å². The quantitative estimate of drug-likeness (QED) is 0.479. The van der Waals surface area contributed by atoms with Crippen molar-refractivity contribution in [1.82, 2.24) is 26.1 Å². The number of hydrazine groups is 1. The van der Waals surface area contributed by atoms with Gasteiger partial charge in [-0.3, -0.25) is 24.4 Å². The van der Waals surface area contributed by atoms with Gasteiger partial charge in [-0.1, -0.05) is 45.9 Å². The molecule has 0 unspecified atom stereocenters. The van der Waals surface area contributed by atoms with Crippen LogP contribution in [0.3, 0.4) is 0 Å². The number of pyridine rings is 1. The molecule has 0 spiro atoms. The first kappa shape index (κ1) is 28.7. The van der Waals surface area contributed by atoms with Gasteiger partial charge in [0.2, 0.25) is 5.91 Å². The van der Waals surface area contributed by atoms with Crippen LogP contribution in [0.1, 0.15) is 71.7 Å². The summed E-state index contributed by atoms with van der Waals surface area (Å²) in [5.74, 6) is -0.917. The van der Waals surface area contributed by atoms with Crippen LogP contribution in [0.4, 0.5) is 0 Å². The van der Waals surface area contributed by atoms with Crippen LogP contribution in [-0.2, 0) is 19.1 Å². The lowest BCUT2D eigenvalue weighted by Crippen LogP contribution is -2.61. The van der Waals surface area contributed by atoms with E-state index in [0.717, 1.165) is 22.0 Å². The Morgan fingerprint density at radius 2 is 1.87 bits per heavy atom. The molecule has 1 saturated heterocycles. The Balaban J connectivity index is 1.67. The standard InChI is InChI=1S/C30H41N5O4/c1-18(2)26-27(36)33-19(3)28(37)35-13-7-8-25(34-35)29(38)39-20(4)21-9-10-22-16-31-24(15-23(22)14-21)11-12-30(5,6)17-32-26/h9-12,14-16,18-20,25-26,32,34H,7-8,13,17H2,1-6H3,(H,33,36)/b12-11+/t19-,20+,25-,26-/m0/s1. The van der Waals surface area contributed by atoms with Crippen molar-refractivity contribution in [1.29, 1.82) is 0 Å². The number of carbonyl (C=O) groups excluding carboxylic acids is 3. The molecule has 2 aromatic rings. The number of cyclic esters (lactones) is 1. The minimum atomic E-state index is -0.757. The van der Waals surface area contributed by atoms with E-state index in [1.54, 1.807) is 6.92 Å². The van der Waals surface area contributed by atoms with E-state index < -0.39 is 30.2 Å². The summed E-state index contributed by atoms with van der Waals surface area (Å²) in [5.41, 5.74) is 4.47. The normalized spacial score (nSPS) is 27.8. The first-order valence-corrected chi connectivity index (χ1v) is 13.8. The molecule has 0 saturated carbocycles. The molecule has 1 aromatic heterocycles. The summed E-state index contributed by atoms with van der Waals surface area (Å²) < 4.78 is 5.82. The zero-order valence-electron chi connectivity index (χ0n) is 23.8. The molecular weight excluding hydrogens is 494 g/mol. The summed E-state index contributed by atoms with van der Waals surface area (Å²) >= 11 is 0. The number of hydrogen-bond acceptors (Lipinski definition) is 7. The molecule has 3 N–H and O–H groups in total. The fraction of sp³-hybridized carbons (Fsp3) is 0.533. The fourth-order valence-electron chi connectivity index (χ4n) is 4.93. The summed E-state index contributed by atoms with van der Waals surface area (Å²) in [7, 11) is 0. The second kappa shape index (κ2) is 11.8. The van der Waals surface area contributed by atoms with Gasteiger partial charge in [-0.2, -0.15) is 0 Å². The zero-order chi connectivity index (χ0) is 28.3. The van der Waals surface area contributed by atoms with E-state index in [9.17, 15) is 14.4 Å². The number of esters is 1. The van der Waals surface area contributed by atoms with Gasteiger partial charge in [-0.05, 0) is 67.2 Å². The van der Waals surface area contributed by atoms with Gasteiger partial charge in [-0.15, -0.1) is 0 Å². The number of ether oxygens (including phenoxy) is 1. The van der Waals surface area contributed by atoms with Gasteiger partial charge >= 0.3 is 5.97 Å². The fourth-order valence-corrected chi connectivity index (χ4v) is 4.93. The highest BCUT2D eigenvalue weighted by Crippen LogP contribution is 2.25. The van der Waals surface area contributed by atoms with E-state index in [0.29, 0.717) is 25.9 Å². The molecule has 3 heterocycles. The van der Waals surface area contributed by atoms with Crippen LogP contribution < -0.4 is 16.1 Å². The average Bonchev–Trinajstić information content (AvgIpc) is 2.90. The van der Waals surface area contributed by atoms with Gasteiger partial charge < -0.3 is 15.4 Å². The van der Waals surface area contributed by atoms with E-state index in [4.69, 9.17) is 4.74 Å². The minimum Gasteiger partial charge on any atom is -0.457 e. The highest BCUT2D eigenvalue weighted by Gasteiger charge is 2.33. The average molecular weight is 536 g/mol. The van der Waals surface area contributed by atoms with Crippen LogP contribution in [0.25, 0.3) is 16.8 Å². The molecule has 9 nitrogen and oxygen atoms in total. The SMILES string of the molecule is CC(C)[C@@H]1NCC(C)(C)/C=C/c2cc3cc(ccc3cn2)[C@@H](C)OC(=O)[C@@H]2CCCN(N2)C(=O)[C@H](C)NC1=O. The molecule has 1 fully saturated rings. The maximum atomic E-state index is 13.2. The van der Waals surface area contributed by atoms with Crippen molar-refractivity contribution in [2.75, 3.05) is 13.1 Å². The second-order valence-corrected chi connectivity index (χ2v) is 11.8. The Morgan fingerprint density at radius 1 is 1.10 bits per heavy atom. The van der Waals surface area contributed by atoms with Gasteiger partial charge in [0.25, 0.3) is 5.91 Å². The van der Waals surface area contributed by atoms with Gasteiger partial charge in [0.15, 0.2) is 0 Å². The lowest BCUT2D eigenvalue weighted by atomic mass is 9.91.